The normalized spacial score (nSPS) is 10.2. The number of hydrogen-bond acceptors (Lipinski definition) is 2. The Balaban J connectivity index is 2.01. The van der Waals surface area contributed by atoms with Crippen molar-refractivity contribution in [3.63, 3.8) is 0 Å². The minimum absolute atomic E-state index is 0.253. The first-order valence-corrected chi connectivity index (χ1v) is 6.98. The molecule has 23 heavy (non-hydrogen) atoms. The second-order valence-corrected chi connectivity index (χ2v) is 5.11. The first-order valence-electron chi connectivity index (χ1n) is 6.98. The van der Waals surface area contributed by atoms with Crippen LogP contribution in [0.4, 0.5) is 14.5 Å². The van der Waals surface area contributed by atoms with Gasteiger partial charge in [-0.2, -0.15) is 0 Å². The lowest BCUT2D eigenvalue weighted by molar-refractivity contribution is -0.125. The van der Waals surface area contributed by atoms with Crippen LogP contribution in [0.2, 0.25) is 0 Å². The van der Waals surface area contributed by atoms with Crippen molar-refractivity contribution in [3.8, 4) is 0 Å². The van der Waals surface area contributed by atoms with Crippen LogP contribution in [0.15, 0.2) is 42.5 Å². The van der Waals surface area contributed by atoms with Crippen molar-refractivity contribution in [2.24, 2.45) is 0 Å². The van der Waals surface area contributed by atoms with E-state index in [1.165, 1.54) is 4.90 Å². The summed E-state index contributed by atoms with van der Waals surface area (Å²) in [6.07, 6.45) is 0.550. The zero-order valence-corrected chi connectivity index (χ0v) is 12.6. The van der Waals surface area contributed by atoms with Crippen molar-refractivity contribution in [2.75, 3.05) is 11.9 Å². The number of rotatable bonds is 6. The Kier molecular flexibility index (Phi) is 5.41. The topological polar surface area (TPSA) is 49.4 Å². The molecule has 0 saturated carbocycles. The summed E-state index contributed by atoms with van der Waals surface area (Å²) >= 11 is 0. The van der Waals surface area contributed by atoms with Crippen molar-refractivity contribution in [1.82, 2.24) is 4.90 Å². The van der Waals surface area contributed by atoms with Crippen LogP contribution in [0.3, 0.4) is 0 Å². The number of halogens is 2. The lowest BCUT2D eigenvalue weighted by atomic mass is 10.1. The van der Waals surface area contributed by atoms with Crippen molar-refractivity contribution < 1.29 is 18.4 Å². The molecule has 0 aromatic heterocycles. The molecule has 0 aliphatic rings. The summed E-state index contributed by atoms with van der Waals surface area (Å²) in [6, 6.07) is 10.3. The molecule has 120 valence electrons. The van der Waals surface area contributed by atoms with Gasteiger partial charge in [0.05, 0.1) is 12.2 Å². The Labute approximate surface area is 132 Å². The summed E-state index contributed by atoms with van der Waals surface area (Å²) in [7, 11) is 0. The van der Waals surface area contributed by atoms with E-state index in [1.54, 1.807) is 0 Å². The van der Waals surface area contributed by atoms with Crippen LogP contribution in [0.5, 0.6) is 0 Å². The van der Waals surface area contributed by atoms with Crippen LogP contribution in [0.25, 0.3) is 0 Å². The predicted molar refractivity (Wildman–Crippen MR) is 82.6 cm³/mol. The van der Waals surface area contributed by atoms with Gasteiger partial charge in [-0.25, -0.2) is 8.78 Å². The Morgan fingerprint density at radius 2 is 1.96 bits per heavy atom. The minimum Gasteiger partial charge on any atom is -0.332 e. The molecule has 0 radical (unpaired) electrons. The van der Waals surface area contributed by atoms with Gasteiger partial charge in [0.25, 0.3) is 0 Å². The van der Waals surface area contributed by atoms with Gasteiger partial charge in [-0.1, -0.05) is 24.3 Å². The lowest BCUT2D eigenvalue weighted by Crippen LogP contribution is -2.32. The highest BCUT2D eigenvalue weighted by molar-refractivity contribution is 5.93. The number of nitrogens with one attached hydrogen (secondary N) is 1. The standard InChI is InChI=1S/C17H16F2N2O2/c1-12-4-2-3-5-13(12)9-21(11-22)10-17(23)20-16-8-14(18)6-7-15(16)19/h2-8,11H,9-10H2,1H3,(H,20,23). The summed E-state index contributed by atoms with van der Waals surface area (Å²) in [5.74, 6) is -2.00. The van der Waals surface area contributed by atoms with Gasteiger partial charge in [-0.15, -0.1) is 0 Å². The third-order valence-electron chi connectivity index (χ3n) is 3.33. The molecular weight excluding hydrogens is 302 g/mol. The third kappa shape index (κ3) is 4.60. The first-order chi connectivity index (χ1) is 11.0. The number of carbonyl (C=O) groups is 2. The molecule has 2 aromatic carbocycles. The van der Waals surface area contributed by atoms with E-state index >= 15 is 0 Å². The maximum absolute atomic E-state index is 13.5. The summed E-state index contributed by atoms with van der Waals surface area (Å²) in [5, 5.41) is 2.26. The van der Waals surface area contributed by atoms with Crippen LogP contribution in [-0.2, 0) is 16.1 Å². The summed E-state index contributed by atoms with van der Waals surface area (Å²) in [6.45, 7) is 1.91. The number of aryl methyl sites for hydroxylation is 1. The molecule has 0 saturated heterocycles. The van der Waals surface area contributed by atoms with Gasteiger partial charge in [-0.3, -0.25) is 9.59 Å². The number of nitrogens with zero attached hydrogens (tertiary/aromatic N) is 1. The Bertz CT molecular complexity index is 719. The number of carbonyl (C=O) groups excluding carboxylic acids is 2. The number of amides is 2. The van der Waals surface area contributed by atoms with Crippen LogP contribution in [0, 0.1) is 18.6 Å². The maximum atomic E-state index is 13.5. The molecule has 0 heterocycles. The van der Waals surface area contributed by atoms with E-state index in [0.29, 0.717) is 6.41 Å². The van der Waals surface area contributed by atoms with E-state index < -0.39 is 17.5 Å². The lowest BCUT2D eigenvalue weighted by Gasteiger charge is -2.18. The number of anilines is 1. The third-order valence-corrected chi connectivity index (χ3v) is 3.33. The van der Waals surface area contributed by atoms with Crippen LogP contribution >= 0.6 is 0 Å². The highest BCUT2D eigenvalue weighted by Crippen LogP contribution is 2.15. The highest BCUT2D eigenvalue weighted by Gasteiger charge is 2.13. The van der Waals surface area contributed by atoms with Gasteiger partial charge in [0.2, 0.25) is 12.3 Å². The molecule has 0 atom stereocenters. The number of benzene rings is 2. The van der Waals surface area contributed by atoms with Crippen molar-refractivity contribution in [2.45, 2.75) is 13.5 Å². The molecule has 1 N–H and O–H groups in total. The monoisotopic (exact) mass is 318 g/mol. The molecule has 6 heteroatoms. The molecule has 0 spiro atoms. The van der Waals surface area contributed by atoms with E-state index in [0.717, 1.165) is 29.3 Å². The zero-order valence-electron chi connectivity index (χ0n) is 12.6. The van der Waals surface area contributed by atoms with Gasteiger partial charge < -0.3 is 10.2 Å². The molecular formula is C17H16F2N2O2. The van der Waals surface area contributed by atoms with E-state index in [-0.39, 0.29) is 18.8 Å². The van der Waals surface area contributed by atoms with Gasteiger partial charge >= 0.3 is 0 Å². The maximum Gasteiger partial charge on any atom is 0.244 e. The average molecular weight is 318 g/mol. The summed E-state index contributed by atoms with van der Waals surface area (Å²) in [5.41, 5.74) is 1.65. The smallest absolute Gasteiger partial charge is 0.244 e. The second-order valence-electron chi connectivity index (χ2n) is 5.11. The second kappa shape index (κ2) is 7.49. The molecule has 2 aromatic rings. The number of hydrogen-bond donors (Lipinski definition) is 1. The van der Waals surface area contributed by atoms with E-state index in [4.69, 9.17) is 0 Å². The van der Waals surface area contributed by atoms with Crippen molar-refractivity contribution in [1.29, 1.82) is 0 Å². The van der Waals surface area contributed by atoms with Gasteiger partial charge in [0, 0.05) is 12.6 Å². The molecule has 0 aliphatic heterocycles. The van der Waals surface area contributed by atoms with Crippen molar-refractivity contribution >= 4 is 18.0 Å². The van der Waals surface area contributed by atoms with Crippen molar-refractivity contribution in [3.05, 3.63) is 65.2 Å². The Hall–Kier alpha value is -2.76. The molecule has 0 aliphatic carbocycles. The Morgan fingerprint density at radius 3 is 2.65 bits per heavy atom. The van der Waals surface area contributed by atoms with Crippen LogP contribution in [0.1, 0.15) is 11.1 Å². The summed E-state index contributed by atoms with van der Waals surface area (Å²) < 4.78 is 26.6. The molecule has 0 fully saturated rings. The fourth-order valence-corrected chi connectivity index (χ4v) is 2.10. The summed E-state index contributed by atoms with van der Waals surface area (Å²) in [4.78, 5) is 24.3. The van der Waals surface area contributed by atoms with E-state index in [2.05, 4.69) is 5.32 Å². The van der Waals surface area contributed by atoms with E-state index in [1.807, 2.05) is 31.2 Å². The quantitative estimate of drug-likeness (QED) is 0.833. The highest BCUT2D eigenvalue weighted by atomic mass is 19.1. The predicted octanol–water partition coefficient (Wildman–Crippen LogP) is 2.87. The zero-order chi connectivity index (χ0) is 16.8. The first kappa shape index (κ1) is 16.6. The van der Waals surface area contributed by atoms with Gasteiger partial charge in [0.15, 0.2) is 0 Å². The van der Waals surface area contributed by atoms with Gasteiger partial charge in [0.1, 0.15) is 11.6 Å². The van der Waals surface area contributed by atoms with Gasteiger partial charge in [-0.05, 0) is 30.2 Å². The fourth-order valence-electron chi connectivity index (χ4n) is 2.10. The molecule has 4 nitrogen and oxygen atoms in total. The minimum atomic E-state index is -0.740. The largest absolute Gasteiger partial charge is 0.332 e. The average Bonchev–Trinajstić information content (AvgIpc) is 2.52. The van der Waals surface area contributed by atoms with Crippen LogP contribution < -0.4 is 5.32 Å². The van der Waals surface area contributed by atoms with E-state index in [9.17, 15) is 18.4 Å². The SMILES string of the molecule is Cc1ccccc1CN(C=O)CC(=O)Nc1cc(F)ccc1F. The molecule has 2 rings (SSSR count). The fraction of sp³-hybridized carbons (Fsp3) is 0.176. The molecule has 0 unspecified atom stereocenters. The Morgan fingerprint density at radius 1 is 1.22 bits per heavy atom. The van der Waals surface area contributed by atoms with Crippen LogP contribution in [-0.4, -0.2) is 23.8 Å². The molecule has 2 amide bonds. The molecule has 0 bridgehead atoms.